The Balaban J connectivity index is 2.53. The Morgan fingerprint density at radius 2 is 1.75 bits per heavy atom. The highest BCUT2D eigenvalue weighted by atomic mass is 35.5. The number of hydrogen-bond donors (Lipinski definition) is 1. The summed E-state index contributed by atoms with van der Waals surface area (Å²) in [7, 11) is 0. The summed E-state index contributed by atoms with van der Waals surface area (Å²) in [6, 6.07) is 7.61. The van der Waals surface area contributed by atoms with Crippen molar-refractivity contribution in [2.45, 2.75) is 33.1 Å². The maximum atomic E-state index is 11.1. The first kappa shape index (κ1) is 17.9. The Morgan fingerprint density at radius 1 is 1.12 bits per heavy atom. The highest BCUT2D eigenvalue weighted by Crippen LogP contribution is 2.40. The predicted octanol–water partition coefficient (Wildman–Crippen LogP) is 5.98. The molecule has 6 nitrogen and oxygen atoms in total. The third-order valence-corrected chi connectivity index (χ3v) is 3.68. The SMILES string of the molecule is Cc1cc(/N=N/c2cc(Cl)ccc2[N+](=O)[O-])c(O)c(C(C)(C)C)c1. The Labute approximate surface area is 145 Å². The smallest absolute Gasteiger partial charge is 0.296 e. The zero-order valence-corrected chi connectivity index (χ0v) is 14.6. The van der Waals surface area contributed by atoms with Gasteiger partial charge in [-0.1, -0.05) is 38.4 Å². The van der Waals surface area contributed by atoms with Gasteiger partial charge in [0.2, 0.25) is 0 Å². The minimum atomic E-state index is -0.554. The first-order valence-electron chi connectivity index (χ1n) is 7.29. The van der Waals surface area contributed by atoms with Gasteiger partial charge in [0.25, 0.3) is 5.69 Å². The molecule has 0 unspecified atom stereocenters. The first-order valence-corrected chi connectivity index (χ1v) is 7.67. The third-order valence-electron chi connectivity index (χ3n) is 3.44. The molecule has 0 aromatic heterocycles. The average molecular weight is 348 g/mol. The molecule has 0 aliphatic carbocycles. The summed E-state index contributed by atoms with van der Waals surface area (Å²) in [5.41, 5.74) is 1.46. The van der Waals surface area contributed by atoms with Crippen LogP contribution < -0.4 is 0 Å². The van der Waals surface area contributed by atoms with E-state index in [1.54, 1.807) is 6.07 Å². The average Bonchev–Trinajstić information content (AvgIpc) is 2.46. The van der Waals surface area contributed by atoms with E-state index >= 15 is 0 Å². The van der Waals surface area contributed by atoms with Crippen LogP contribution in [0.3, 0.4) is 0 Å². The van der Waals surface area contributed by atoms with Gasteiger partial charge in [-0.3, -0.25) is 10.1 Å². The van der Waals surface area contributed by atoms with Crippen molar-refractivity contribution in [3.63, 3.8) is 0 Å². The maximum absolute atomic E-state index is 11.1. The lowest BCUT2D eigenvalue weighted by Crippen LogP contribution is -2.11. The molecule has 126 valence electrons. The van der Waals surface area contributed by atoms with Crippen molar-refractivity contribution in [2.24, 2.45) is 10.2 Å². The number of hydrogen-bond acceptors (Lipinski definition) is 5. The number of nitrogens with zero attached hydrogens (tertiary/aromatic N) is 3. The molecule has 0 aliphatic heterocycles. The number of aryl methyl sites for hydroxylation is 1. The normalized spacial score (nSPS) is 11.9. The summed E-state index contributed by atoms with van der Waals surface area (Å²) >= 11 is 5.87. The standard InChI is InChI=1S/C17H18ClN3O3/c1-10-7-12(17(2,3)4)16(22)14(8-10)20-19-13-9-11(18)5-6-15(13)21(23)24/h5-9,22H,1-4H3/b20-19+. The zero-order valence-electron chi connectivity index (χ0n) is 13.9. The molecule has 0 atom stereocenters. The molecule has 0 saturated carbocycles. The molecule has 24 heavy (non-hydrogen) atoms. The quantitative estimate of drug-likeness (QED) is 0.421. The molecule has 0 heterocycles. The summed E-state index contributed by atoms with van der Waals surface area (Å²) in [5, 5.41) is 29.8. The minimum absolute atomic E-state index is 0.0153. The van der Waals surface area contributed by atoms with E-state index in [0.29, 0.717) is 5.02 Å². The van der Waals surface area contributed by atoms with Gasteiger partial charge in [-0.2, -0.15) is 0 Å². The molecule has 2 rings (SSSR count). The van der Waals surface area contributed by atoms with Crippen molar-refractivity contribution in [1.29, 1.82) is 0 Å². The van der Waals surface area contributed by atoms with Crippen LogP contribution in [0.25, 0.3) is 0 Å². The van der Waals surface area contributed by atoms with E-state index in [1.807, 2.05) is 33.8 Å². The molecule has 1 N–H and O–H groups in total. The number of phenols is 1. The van der Waals surface area contributed by atoms with Crippen LogP contribution in [0.4, 0.5) is 17.1 Å². The van der Waals surface area contributed by atoms with Crippen LogP contribution in [0.2, 0.25) is 5.02 Å². The van der Waals surface area contributed by atoms with Gasteiger partial charge in [0.15, 0.2) is 5.69 Å². The van der Waals surface area contributed by atoms with Crippen molar-refractivity contribution in [3.8, 4) is 5.75 Å². The van der Waals surface area contributed by atoms with Gasteiger partial charge in [-0.05, 0) is 36.1 Å². The van der Waals surface area contributed by atoms with E-state index in [1.165, 1.54) is 18.2 Å². The molecule has 2 aromatic carbocycles. The van der Waals surface area contributed by atoms with Gasteiger partial charge in [0.1, 0.15) is 11.4 Å². The van der Waals surface area contributed by atoms with Gasteiger partial charge in [0.05, 0.1) is 4.92 Å². The number of benzene rings is 2. The van der Waals surface area contributed by atoms with E-state index in [9.17, 15) is 15.2 Å². The lowest BCUT2D eigenvalue weighted by Gasteiger charge is -2.21. The second kappa shape index (κ2) is 6.57. The number of nitro benzene ring substituents is 1. The molecule has 0 radical (unpaired) electrons. The number of aromatic hydroxyl groups is 1. The maximum Gasteiger partial charge on any atom is 0.296 e. The summed E-state index contributed by atoms with van der Waals surface area (Å²) < 4.78 is 0. The fourth-order valence-electron chi connectivity index (χ4n) is 2.25. The second-order valence-electron chi connectivity index (χ2n) is 6.52. The third kappa shape index (κ3) is 3.89. The van der Waals surface area contributed by atoms with Crippen molar-refractivity contribution in [1.82, 2.24) is 0 Å². The minimum Gasteiger partial charge on any atom is -0.505 e. The molecule has 0 spiro atoms. The molecule has 0 amide bonds. The molecule has 7 heteroatoms. The fraction of sp³-hybridized carbons (Fsp3) is 0.294. The molecule has 0 fully saturated rings. The van der Waals surface area contributed by atoms with E-state index in [4.69, 9.17) is 11.6 Å². The Hall–Kier alpha value is -2.47. The van der Waals surface area contributed by atoms with Crippen molar-refractivity contribution >= 4 is 28.7 Å². The summed E-state index contributed by atoms with van der Waals surface area (Å²) in [6.45, 7) is 7.81. The number of phenolic OH excluding ortho intramolecular Hbond substituents is 1. The van der Waals surface area contributed by atoms with E-state index < -0.39 is 4.92 Å². The van der Waals surface area contributed by atoms with Crippen LogP contribution >= 0.6 is 11.6 Å². The van der Waals surface area contributed by atoms with Gasteiger partial charge < -0.3 is 5.11 Å². The van der Waals surface area contributed by atoms with Crippen LogP contribution in [-0.4, -0.2) is 10.0 Å². The van der Waals surface area contributed by atoms with Gasteiger partial charge in [0, 0.05) is 16.7 Å². The largest absolute Gasteiger partial charge is 0.505 e. The second-order valence-corrected chi connectivity index (χ2v) is 6.96. The summed E-state index contributed by atoms with van der Waals surface area (Å²) in [4.78, 5) is 10.5. The molecular formula is C17H18ClN3O3. The molecule has 0 bridgehead atoms. The summed E-state index contributed by atoms with van der Waals surface area (Å²) in [6.07, 6.45) is 0. The van der Waals surface area contributed by atoms with Crippen molar-refractivity contribution in [2.75, 3.05) is 0 Å². The number of halogens is 1. The van der Waals surface area contributed by atoms with Crippen LogP contribution in [0.5, 0.6) is 5.75 Å². The zero-order chi connectivity index (χ0) is 18.1. The van der Waals surface area contributed by atoms with Gasteiger partial charge in [-0.15, -0.1) is 10.2 Å². The Morgan fingerprint density at radius 3 is 2.33 bits per heavy atom. The molecule has 2 aromatic rings. The van der Waals surface area contributed by atoms with Crippen molar-refractivity contribution in [3.05, 3.63) is 56.6 Å². The van der Waals surface area contributed by atoms with Gasteiger partial charge >= 0.3 is 0 Å². The molecule has 0 saturated heterocycles. The first-order chi connectivity index (χ1) is 11.1. The predicted molar refractivity (Wildman–Crippen MR) is 93.8 cm³/mol. The summed E-state index contributed by atoms with van der Waals surface area (Å²) in [5.74, 6) is 0.0153. The highest BCUT2D eigenvalue weighted by molar-refractivity contribution is 6.30. The van der Waals surface area contributed by atoms with Crippen LogP contribution in [0.15, 0.2) is 40.6 Å². The number of azo groups is 1. The molecular weight excluding hydrogens is 330 g/mol. The molecule has 0 aliphatic rings. The Bertz CT molecular complexity index is 827. The highest BCUT2D eigenvalue weighted by Gasteiger charge is 2.21. The number of rotatable bonds is 3. The van der Waals surface area contributed by atoms with Crippen LogP contribution in [-0.2, 0) is 5.41 Å². The van der Waals surface area contributed by atoms with E-state index in [-0.39, 0.29) is 28.2 Å². The van der Waals surface area contributed by atoms with Crippen molar-refractivity contribution < 1.29 is 10.0 Å². The fourth-order valence-corrected chi connectivity index (χ4v) is 2.41. The van der Waals surface area contributed by atoms with E-state index in [2.05, 4.69) is 10.2 Å². The van der Waals surface area contributed by atoms with Gasteiger partial charge in [-0.25, -0.2) is 0 Å². The topological polar surface area (TPSA) is 88.1 Å². The lowest BCUT2D eigenvalue weighted by molar-refractivity contribution is -0.384. The lowest BCUT2D eigenvalue weighted by atomic mass is 9.85. The van der Waals surface area contributed by atoms with E-state index in [0.717, 1.165) is 11.1 Å². The number of nitro groups is 1. The monoisotopic (exact) mass is 347 g/mol. The van der Waals surface area contributed by atoms with Crippen LogP contribution in [0, 0.1) is 17.0 Å². The Kier molecular flexibility index (Phi) is 4.89. The van der Waals surface area contributed by atoms with Crippen LogP contribution in [0.1, 0.15) is 31.9 Å².